The van der Waals surface area contributed by atoms with Crippen LogP contribution in [0, 0.1) is 27.2 Å². The summed E-state index contributed by atoms with van der Waals surface area (Å²) in [5, 5.41) is 27.2. The predicted molar refractivity (Wildman–Crippen MR) is 106 cm³/mol. The van der Waals surface area contributed by atoms with E-state index in [4.69, 9.17) is 34.8 Å². The van der Waals surface area contributed by atoms with Gasteiger partial charge in [0.15, 0.2) is 0 Å². The van der Waals surface area contributed by atoms with Gasteiger partial charge in [0, 0.05) is 17.8 Å². The largest absolute Gasteiger partial charge is 0.362 e. The Morgan fingerprint density at radius 2 is 1.61 bits per heavy atom. The van der Waals surface area contributed by atoms with Gasteiger partial charge < -0.3 is 10.6 Å². The van der Waals surface area contributed by atoms with Crippen molar-refractivity contribution < 1.29 is 14.6 Å². The number of nitro benzene ring substituents is 2. The van der Waals surface area contributed by atoms with Crippen molar-refractivity contribution in [2.45, 2.75) is 16.9 Å². The van der Waals surface area contributed by atoms with Crippen molar-refractivity contribution in [2.24, 2.45) is 0 Å². The molecule has 0 saturated carbocycles. The van der Waals surface area contributed by atoms with Crippen molar-refractivity contribution in [2.75, 3.05) is 5.32 Å². The molecule has 2 aromatic rings. The molecule has 9 nitrogen and oxygen atoms in total. The maximum absolute atomic E-state index is 12.5. The zero-order chi connectivity index (χ0) is 21.1. The third-order valence-corrected chi connectivity index (χ3v) is 4.17. The molecule has 0 fully saturated rings. The number of aryl methyl sites for hydroxylation is 1. The second-order valence-electron chi connectivity index (χ2n) is 5.71. The van der Waals surface area contributed by atoms with Gasteiger partial charge in [-0.1, -0.05) is 46.9 Å². The van der Waals surface area contributed by atoms with Gasteiger partial charge in [-0.3, -0.25) is 25.0 Å². The smallest absolute Gasteiger partial charge is 0.277 e. The van der Waals surface area contributed by atoms with Crippen LogP contribution in [0.4, 0.5) is 17.1 Å². The Morgan fingerprint density at radius 1 is 1.04 bits per heavy atom. The lowest BCUT2D eigenvalue weighted by atomic mass is 10.1. The lowest BCUT2D eigenvalue weighted by Gasteiger charge is -2.27. The van der Waals surface area contributed by atoms with E-state index in [1.807, 2.05) is 13.0 Å². The average molecular weight is 448 g/mol. The van der Waals surface area contributed by atoms with E-state index in [0.717, 1.165) is 23.8 Å². The highest BCUT2D eigenvalue weighted by molar-refractivity contribution is 6.68. The van der Waals surface area contributed by atoms with Crippen LogP contribution in [-0.2, 0) is 0 Å². The fourth-order valence-corrected chi connectivity index (χ4v) is 2.58. The van der Waals surface area contributed by atoms with Crippen molar-refractivity contribution in [3.8, 4) is 0 Å². The zero-order valence-electron chi connectivity index (χ0n) is 14.2. The highest BCUT2D eigenvalue weighted by Crippen LogP contribution is 2.32. The standard InChI is InChI=1S/C16H13Cl3N4O5/c1-9-3-2-4-11(5-9)20-15(16(17,18)19)21-14(24)10-6-12(22(25)26)8-13(7-10)23(27)28/h2-8,15,20H,1H3,(H,21,24)/t15-/m1/s1. The minimum Gasteiger partial charge on any atom is -0.362 e. The zero-order valence-corrected chi connectivity index (χ0v) is 16.5. The molecule has 2 rings (SSSR count). The maximum atomic E-state index is 12.5. The van der Waals surface area contributed by atoms with E-state index in [-0.39, 0.29) is 5.56 Å². The molecule has 0 heterocycles. The molecule has 1 amide bonds. The molecule has 0 saturated heterocycles. The summed E-state index contributed by atoms with van der Waals surface area (Å²) in [6, 6.07) is 9.55. The van der Waals surface area contributed by atoms with Gasteiger partial charge in [-0.05, 0) is 24.6 Å². The van der Waals surface area contributed by atoms with Gasteiger partial charge in [0.25, 0.3) is 17.3 Å². The molecule has 148 valence electrons. The van der Waals surface area contributed by atoms with Gasteiger partial charge in [-0.25, -0.2) is 0 Å². The summed E-state index contributed by atoms with van der Waals surface area (Å²) < 4.78 is -1.99. The van der Waals surface area contributed by atoms with E-state index in [1.165, 1.54) is 0 Å². The summed E-state index contributed by atoms with van der Waals surface area (Å²) in [6.45, 7) is 1.84. The van der Waals surface area contributed by atoms with Crippen LogP contribution in [0.15, 0.2) is 42.5 Å². The molecular weight excluding hydrogens is 435 g/mol. The summed E-state index contributed by atoms with van der Waals surface area (Å²) in [7, 11) is 0. The average Bonchev–Trinajstić information content (AvgIpc) is 2.59. The van der Waals surface area contributed by atoms with E-state index in [1.54, 1.807) is 18.2 Å². The van der Waals surface area contributed by atoms with E-state index >= 15 is 0 Å². The lowest BCUT2D eigenvalue weighted by molar-refractivity contribution is -0.394. The number of hydrogen-bond acceptors (Lipinski definition) is 6. The SMILES string of the molecule is Cc1cccc(N[C@H](NC(=O)c2cc([N+](=O)[O-])cc([N+](=O)[O-])c2)C(Cl)(Cl)Cl)c1. The second kappa shape index (κ2) is 8.59. The number of anilines is 1. The Bertz CT molecular complexity index is 900. The highest BCUT2D eigenvalue weighted by atomic mass is 35.6. The first-order valence-corrected chi connectivity index (χ1v) is 8.75. The second-order valence-corrected chi connectivity index (χ2v) is 8.08. The molecule has 0 unspecified atom stereocenters. The molecule has 0 aliphatic carbocycles. The van der Waals surface area contributed by atoms with Crippen LogP contribution in [-0.4, -0.2) is 25.7 Å². The minimum atomic E-state index is -1.99. The van der Waals surface area contributed by atoms with Crippen LogP contribution < -0.4 is 10.6 Å². The quantitative estimate of drug-likeness (QED) is 0.293. The minimum absolute atomic E-state index is 0.328. The number of rotatable bonds is 6. The predicted octanol–water partition coefficient (Wildman–Crippen LogP) is 4.35. The molecule has 0 spiro atoms. The molecule has 0 aromatic heterocycles. The van der Waals surface area contributed by atoms with Gasteiger partial charge in [0.1, 0.15) is 6.17 Å². The summed E-state index contributed by atoms with van der Waals surface area (Å²) >= 11 is 17.8. The Morgan fingerprint density at radius 3 is 2.07 bits per heavy atom. The fourth-order valence-electron chi connectivity index (χ4n) is 2.25. The van der Waals surface area contributed by atoms with Crippen LogP contribution in [0.1, 0.15) is 15.9 Å². The first-order chi connectivity index (χ1) is 13.0. The van der Waals surface area contributed by atoms with Gasteiger partial charge >= 0.3 is 0 Å². The number of non-ortho nitro benzene ring substituents is 2. The van der Waals surface area contributed by atoms with Crippen molar-refractivity contribution in [1.82, 2.24) is 5.32 Å². The van der Waals surface area contributed by atoms with Crippen molar-refractivity contribution in [1.29, 1.82) is 0 Å². The number of benzene rings is 2. The number of halogens is 3. The molecule has 2 N–H and O–H groups in total. The summed E-state index contributed by atoms with van der Waals surface area (Å²) in [4.78, 5) is 32.8. The third-order valence-electron chi connectivity index (χ3n) is 3.52. The Hall–Kier alpha value is -2.62. The monoisotopic (exact) mass is 446 g/mol. The number of carbonyl (C=O) groups excluding carboxylic acids is 1. The van der Waals surface area contributed by atoms with E-state index in [2.05, 4.69) is 10.6 Å². The summed E-state index contributed by atoms with van der Waals surface area (Å²) in [6.07, 6.45) is -1.23. The van der Waals surface area contributed by atoms with E-state index < -0.39 is 37.1 Å². The number of hydrogen-bond donors (Lipinski definition) is 2. The normalized spacial score (nSPS) is 12.1. The maximum Gasteiger partial charge on any atom is 0.277 e. The molecule has 2 aromatic carbocycles. The molecule has 0 radical (unpaired) electrons. The van der Waals surface area contributed by atoms with Crippen molar-refractivity contribution >= 4 is 57.8 Å². The molecule has 0 aliphatic rings. The molecular formula is C16H13Cl3N4O5. The number of carbonyl (C=O) groups is 1. The number of nitro groups is 2. The number of nitrogens with zero attached hydrogens (tertiary/aromatic N) is 2. The van der Waals surface area contributed by atoms with Crippen LogP contribution in [0.3, 0.4) is 0 Å². The summed E-state index contributed by atoms with van der Waals surface area (Å²) in [5.41, 5.74) is -0.102. The number of alkyl halides is 3. The Kier molecular flexibility index (Phi) is 6.65. The third kappa shape index (κ3) is 5.69. The first kappa shape index (κ1) is 21.7. The van der Waals surface area contributed by atoms with E-state index in [9.17, 15) is 25.0 Å². The topological polar surface area (TPSA) is 127 Å². The highest BCUT2D eigenvalue weighted by Gasteiger charge is 2.35. The van der Waals surface area contributed by atoms with Gasteiger partial charge in [-0.15, -0.1) is 0 Å². The van der Waals surface area contributed by atoms with Gasteiger partial charge in [0.05, 0.1) is 21.5 Å². The number of nitrogens with one attached hydrogen (secondary N) is 2. The summed E-state index contributed by atoms with van der Waals surface area (Å²) in [5.74, 6) is -0.900. The Balaban J connectivity index is 2.33. The Labute approximate surface area is 173 Å². The molecule has 0 bridgehead atoms. The fraction of sp³-hybridized carbons (Fsp3) is 0.188. The molecule has 1 atom stereocenters. The van der Waals surface area contributed by atoms with Gasteiger partial charge in [0.2, 0.25) is 3.79 Å². The van der Waals surface area contributed by atoms with Crippen molar-refractivity contribution in [3.63, 3.8) is 0 Å². The van der Waals surface area contributed by atoms with Gasteiger partial charge in [-0.2, -0.15) is 0 Å². The van der Waals surface area contributed by atoms with E-state index in [0.29, 0.717) is 5.69 Å². The molecule has 28 heavy (non-hydrogen) atoms. The van der Waals surface area contributed by atoms with Crippen LogP contribution in [0.25, 0.3) is 0 Å². The van der Waals surface area contributed by atoms with Crippen LogP contribution in [0.2, 0.25) is 0 Å². The first-order valence-electron chi connectivity index (χ1n) is 7.62. The van der Waals surface area contributed by atoms with Crippen molar-refractivity contribution in [3.05, 3.63) is 73.8 Å². The van der Waals surface area contributed by atoms with Crippen LogP contribution >= 0.6 is 34.8 Å². The molecule has 0 aliphatic heterocycles. The van der Waals surface area contributed by atoms with Crippen LogP contribution in [0.5, 0.6) is 0 Å². The molecule has 12 heteroatoms. The number of amides is 1. The lowest BCUT2D eigenvalue weighted by Crippen LogP contribution is -2.49.